The zero-order valence-electron chi connectivity index (χ0n) is 15.9. The topological polar surface area (TPSA) is 63.8 Å². The van der Waals surface area contributed by atoms with E-state index < -0.39 is 5.91 Å². The van der Waals surface area contributed by atoms with Crippen LogP contribution < -0.4 is 10.2 Å². The molecule has 1 aromatic heterocycles. The van der Waals surface area contributed by atoms with Gasteiger partial charge in [0.25, 0.3) is 0 Å². The monoisotopic (exact) mass is 516 g/mol. The minimum atomic E-state index is -0.427. The Morgan fingerprint density at radius 1 is 1.06 bits per heavy atom. The lowest BCUT2D eigenvalue weighted by Gasteiger charge is -2.08. The second-order valence-electron chi connectivity index (χ2n) is 6.59. The maximum absolute atomic E-state index is 12.2. The fourth-order valence-electron chi connectivity index (χ4n) is 2.80. The van der Waals surface area contributed by atoms with Crippen LogP contribution in [0.15, 0.2) is 80.7 Å². The number of benzene rings is 3. The van der Waals surface area contributed by atoms with Crippen LogP contribution in [-0.4, -0.2) is 12.1 Å². The highest BCUT2D eigenvalue weighted by molar-refractivity contribution is 9.10. The Morgan fingerprint density at radius 2 is 1.87 bits per heavy atom. The molecule has 0 aliphatic rings. The second-order valence-corrected chi connectivity index (χ2v) is 8.34. The van der Waals surface area contributed by atoms with Crippen molar-refractivity contribution in [3.63, 3.8) is 0 Å². The number of hydrazone groups is 1. The Bertz CT molecular complexity index is 1270. The van der Waals surface area contributed by atoms with Gasteiger partial charge in [-0.05, 0) is 66.2 Å². The summed E-state index contributed by atoms with van der Waals surface area (Å²) >= 11 is 15.4. The summed E-state index contributed by atoms with van der Waals surface area (Å²) < 4.78 is 12.2. The van der Waals surface area contributed by atoms with Crippen molar-refractivity contribution in [1.82, 2.24) is 5.43 Å². The zero-order chi connectivity index (χ0) is 21.8. The molecule has 31 heavy (non-hydrogen) atoms. The van der Waals surface area contributed by atoms with Crippen molar-refractivity contribution < 1.29 is 13.9 Å². The number of hydrogen-bond donors (Lipinski definition) is 1. The molecule has 0 aliphatic heterocycles. The van der Waals surface area contributed by atoms with E-state index in [-0.39, 0.29) is 5.76 Å². The smallest absolute Gasteiger partial charge is 0.307 e. The molecular weight excluding hydrogens is 503 g/mol. The van der Waals surface area contributed by atoms with E-state index in [9.17, 15) is 4.79 Å². The molecular formula is C23H15BrCl2N2O3. The number of nitrogens with zero attached hydrogens (tertiary/aromatic N) is 1. The average Bonchev–Trinajstić information content (AvgIpc) is 3.17. The summed E-state index contributed by atoms with van der Waals surface area (Å²) in [4.78, 5) is 12.2. The van der Waals surface area contributed by atoms with Crippen LogP contribution in [0.3, 0.4) is 0 Å². The van der Waals surface area contributed by atoms with Crippen LogP contribution in [0.25, 0.3) is 11.0 Å². The van der Waals surface area contributed by atoms with Gasteiger partial charge in [-0.1, -0.05) is 45.2 Å². The van der Waals surface area contributed by atoms with Gasteiger partial charge in [0, 0.05) is 25.5 Å². The number of carbonyl (C=O) groups excluding carboxylic acids is 1. The zero-order valence-corrected chi connectivity index (χ0v) is 19.0. The average molecular weight is 518 g/mol. The molecule has 0 bridgehead atoms. The third kappa shape index (κ3) is 5.47. The van der Waals surface area contributed by atoms with Gasteiger partial charge >= 0.3 is 5.91 Å². The van der Waals surface area contributed by atoms with Gasteiger partial charge in [-0.15, -0.1) is 0 Å². The van der Waals surface area contributed by atoms with Gasteiger partial charge in [-0.3, -0.25) is 4.79 Å². The first-order chi connectivity index (χ1) is 15.0. The summed E-state index contributed by atoms with van der Waals surface area (Å²) in [7, 11) is 0. The minimum absolute atomic E-state index is 0.190. The molecule has 0 unspecified atom stereocenters. The highest BCUT2D eigenvalue weighted by atomic mass is 79.9. The Hall–Kier alpha value is -2.80. The van der Waals surface area contributed by atoms with Crippen LogP contribution in [0.2, 0.25) is 10.0 Å². The maximum Gasteiger partial charge on any atom is 0.307 e. The van der Waals surface area contributed by atoms with Gasteiger partial charge in [0.15, 0.2) is 5.76 Å². The molecule has 8 heteroatoms. The van der Waals surface area contributed by atoms with E-state index in [4.69, 9.17) is 32.4 Å². The van der Waals surface area contributed by atoms with Gasteiger partial charge < -0.3 is 9.15 Å². The third-order valence-electron chi connectivity index (χ3n) is 4.37. The van der Waals surface area contributed by atoms with E-state index in [0.29, 0.717) is 28.0 Å². The Balaban J connectivity index is 1.33. The van der Waals surface area contributed by atoms with E-state index in [1.165, 1.54) is 6.21 Å². The predicted molar refractivity (Wildman–Crippen MR) is 126 cm³/mol. The fourth-order valence-corrected chi connectivity index (χ4v) is 3.64. The summed E-state index contributed by atoms with van der Waals surface area (Å²) in [5, 5.41) is 5.96. The molecule has 1 amide bonds. The molecule has 4 rings (SSSR count). The molecule has 1 heterocycles. The molecule has 5 nitrogen and oxygen atoms in total. The minimum Gasteiger partial charge on any atom is -0.489 e. The molecule has 0 atom stereocenters. The molecule has 3 aromatic carbocycles. The van der Waals surface area contributed by atoms with E-state index in [1.54, 1.807) is 24.3 Å². The van der Waals surface area contributed by atoms with Gasteiger partial charge in [0.1, 0.15) is 17.9 Å². The quantitative estimate of drug-likeness (QED) is 0.225. The van der Waals surface area contributed by atoms with Gasteiger partial charge in [-0.25, -0.2) is 5.43 Å². The lowest BCUT2D eigenvalue weighted by atomic mass is 10.2. The lowest BCUT2D eigenvalue weighted by molar-refractivity contribution is 0.0929. The van der Waals surface area contributed by atoms with Crippen molar-refractivity contribution >= 4 is 62.2 Å². The van der Waals surface area contributed by atoms with Crippen LogP contribution in [0.1, 0.15) is 21.7 Å². The largest absolute Gasteiger partial charge is 0.489 e. The van der Waals surface area contributed by atoms with Crippen molar-refractivity contribution in [3.8, 4) is 5.75 Å². The molecule has 1 N–H and O–H groups in total. The number of furan rings is 1. The highest BCUT2D eigenvalue weighted by Crippen LogP contribution is 2.24. The summed E-state index contributed by atoms with van der Waals surface area (Å²) in [5.41, 5.74) is 4.74. The van der Waals surface area contributed by atoms with Crippen molar-refractivity contribution in [2.24, 2.45) is 5.10 Å². The Labute approximate surface area is 196 Å². The molecule has 0 saturated carbocycles. The summed E-state index contributed by atoms with van der Waals surface area (Å²) in [6.07, 6.45) is 1.54. The number of carbonyl (C=O) groups is 1. The molecule has 0 spiro atoms. The Morgan fingerprint density at radius 3 is 2.65 bits per heavy atom. The number of fused-ring (bicyclic) bond motifs is 1. The standard InChI is InChI=1S/C23H15BrCl2N2O3/c24-17-4-8-21-16(9-17)10-22(31-21)23(29)28-27-12-14-1-6-19(7-2-14)30-13-15-3-5-18(25)11-20(15)26/h1-12H,13H2,(H,28,29)/b27-12+. The number of halogens is 3. The molecule has 4 aromatic rings. The fraction of sp³-hybridized carbons (Fsp3) is 0.0435. The van der Waals surface area contributed by atoms with Gasteiger partial charge in [0.2, 0.25) is 0 Å². The van der Waals surface area contributed by atoms with Crippen LogP contribution in [0.5, 0.6) is 5.75 Å². The van der Waals surface area contributed by atoms with Gasteiger partial charge in [-0.2, -0.15) is 5.10 Å². The van der Waals surface area contributed by atoms with E-state index in [2.05, 4.69) is 26.5 Å². The predicted octanol–water partition coefficient (Wildman–Crippen LogP) is 6.85. The second kappa shape index (κ2) is 9.56. The van der Waals surface area contributed by atoms with Crippen LogP contribution in [0.4, 0.5) is 0 Å². The van der Waals surface area contributed by atoms with E-state index in [1.807, 2.05) is 42.5 Å². The molecule has 0 aliphatic carbocycles. The highest BCUT2D eigenvalue weighted by Gasteiger charge is 2.11. The first-order valence-corrected chi connectivity index (χ1v) is 10.7. The van der Waals surface area contributed by atoms with E-state index in [0.717, 1.165) is 21.0 Å². The van der Waals surface area contributed by atoms with Crippen LogP contribution >= 0.6 is 39.1 Å². The number of amides is 1. The Kier molecular flexibility index (Phi) is 6.61. The van der Waals surface area contributed by atoms with Crippen LogP contribution in [-0.2, 0) is 6.61 Å². The van der Waals surface area contributed by atoms with Crippen molar-refractivity contribution in [2.45, 2.75) is 6.61 Å². The number of ether oxygens (including phenoxy) is 1. The van der Waals surface area contributed by atoms with Crippen molar-refractivity contribution in [1.29, 1.82) is 0 Å². The molecule has 0 radical (unpaired) electrons. The first kappa shape index (κ1) is 21.4. The molecule has 0 fully saturated rings. The van der Waals surface area contributed by atoms with Crippen molar-refractivity contribution in [3.05, 3.63) is 98.1 Å². The summed E-state index contributed by atoms with van der Waals surface area (Å²) in [5.74, 6) is 0.443. The van der Waals surface area contributed by atoms with Gasteiger partial charge in [0.05, 0.1) is 6.21 Å². The van der Waals surface area contributed by atoms with Crippen LogP contribution in [0, 0.1) is 0 Å². The number of hydrogen-bond acceptors (Lipinski definition) is 4. The maximum atomic E-state index is 12.2. The lowest BCUT2D eigenvalue weighted by Crippen LogP contribution is -2.16. The third-order valence-corrected chi connectivity index (χ3v) is 5.45. The normalized spacial score (nSPS) is 11.2. The van der Waals surface area contributed by atoms with Crippen molar-refractivity contribution in [2.75, 3.05) is 0 Å². The summed E-state index contributed by atoms with van der Waals surface area (Å²) in [6, 6.07) is 19.7. The first-order valence-electron chi connectivity index (χ1n) is 9.17. The van der Waals surface area contributed by atoms with E-state index >= 15 is 0 Å². The molecule has 0 saturated heterocycles. The SMILES string of the molecule is O=C(N/N=C/c1ccc(OCc2ccc(Cl)cc2Cl)cc1)c1cc2cc(Br)ccc2o1. The molecule has 156 valence electrons. The number of nitrogens with one attached hydrogen (secondary N) is 1. The summed E-state index contributed by atoms with van der Waals surface area (Å²) in [6.45, 7) is 0.327. The number of rotatable bonds is 6.